The van der Waals surface area contributed by atoms with Crippen molar-refractivity contribution in [2.75, 3.05) is 24.6 Å². The molecule has 2 aliphatic rings. The zero-order chi connectivity index (χ0) is 34.9. The second-order valence-corrected chi connectivity index (χ2v) is 14.0. The van der Waals surface area contributed by atoms with Crippen molar-refractivity contribution < 1.29 is 13.9 Å². The smallest absolute Gasteiger partial charge is 0.300 e. The summed E-state index contributed by atoms with van der Waals surface area (Å²) in [4.78, 5) is 48.8. The third kappa shape index (κ3) is 5.08. The van der Waals surface area contributed by atoms with Crippen molar-refractivity contribution in [1.29, 1.82) is 0 Å². The molecule has 2 aromatic carbocycles. The number of amides is 1. The SMILES string of the molecule is C=CC(=O)N1CC2CCOc3c(c4cc(F)c(-c5c(C)ccc6[nH]cnc56)c(Cl)c4n(-c4c(C(C)C)ncnc4C(C)C)c3=O)N2CC1C. The average molecular weight is 684 g/mol. The Kier molecular flexibility index (Phi) is 8.21. The molecule has 0 aliphatic carbocycles. The number of imidazole rings is 1. The number of hydrogen-bond acceptors (Lipinski definition) is 7. The molecule has 0 radical (unpaired) electrons. The summed E-state index contributed by atoms with van der Waals surface area (Å²) < 4.78 is 24.8. The van der Waals surface area contributed by atoms with Crippen LogP contribution in [0.4, 0.5) is 10.1 Å². The summed E-state index contributed by atoms with van der Waals surface area (Å²) in [6.07, 6.45) is 4.95. The van der Waals surface area contributed by atoms with Crippen LogP contribution >= 0.6 is 11.6 Å². The Bertz CT molecular complexity index is 2200. The highest BCUT2D eigenvalue weighted by Gasteiger charge is 2.40. The quantitative estimate of drug-likeness (QED) is 0.198. The summed E-state index contributed by atoms with van der Waals surface area (Å²) in [5.41, 5.74) is 4.94. The van der Waals surface area contributed by atoms with Crippen molar-refractivity contribution in [2.45, 2.75) is 71.9 Å². The van der Waals surface area contributed by atoms with Crippen molar-refractivity contribution in [3.63, 3.8) is 0 Å². The molecule has 10 nitrogen and oxygen atoms in total. The zero-order valence-corrected chi connectivity index (χ0v) is 29.2. The molecule has 0 saturated carbocycles. The number of carbonyl (C=O) groups excluding carboxylic acids is 1. The highest BCUT2D eigenvalue weighted by molar-refractivity contribution is 6.39. The number of hydrogen-bond donors (Lipinski definition) is 1. The van der Waals surface area contributed by atoms with Gasteiger partial charge < -0.3 is 19.5 Å². The third-order valence-electron chi connectivity index (χ3n) is 9.81. The lowest BCUT2D eigenvalue weighted by atomic mass is 9.95. The fourth-order valence-electron chi connectivity index (χ4n) is 7.48. The number of aryl methyl sites for hydroxylation is 1. The second-order valence-electron chi connectivity index (χ2n) is 13.6. The lowest BCUT2D eigenvalue weighted by Gasteiger charge is -2.45. The van der Waals surface area contributed by atoms with Gasteiger partial charge in [-0.3, -0.25) is 14.2 Å². The van der Waals surface area contributed by atoms with Crippen LogP contribution in [0.2, 0.25) is 5.02 Å². The molecule has 49 heavy (non-hydrogen) atoms. The van der Waals surface area contributed by atoms with E-state index in [4.69, 9.17) is 16.3 Å². The normalized spacial score (nSPS) is 17.8. The molecule has 1 amide bonds. The monoisotopic (exact) mass is 683 g/mol. The highest BCUT2D eigenvalue weighted by Crippen LogP contribution is 2.47. The van der Waals surface area contributed by atoms with Crippen molar-refractivity contribution >= 4 is 45.1 Å². The number of piperazine rings is 1. The molecule has 7 rings (SSSR count). The minimum absolute atomic E-state index is 0.0658. The number of rotatable bonds is 5. The van der Waals surface area contributed by atoms with Gasteiger partial charge in [0, 0.05) is 42.1 Å². The molecule has 0 bridgehead atoms. The van der Waals surface area contributed by atoms with Crippen LogP contribution in [0, 0.1) is 12.7 Å². The van der Waals surface area contributed by atoms with Crippen LogP contribution in [0.25, 0.3) is 38.8 Å². The summed E-state index contributed by atoms with van der Waals surface area (Å²) in [7, 11) is 0. The minimum atomic E-state index is -0.560. The predicted molar refractivity (Wildman–Crippen MR) is 191 cm³/mol. The van der Waals surface area contributed by atoms with Gasteiger partial charge in [-0.15, -0.1) is 0 Å². The van der Waals surface area contributed by atoms with Crippen LogP contribution in [0.1, 0.15) is 69.8 Å². The molecule has 5 heterocycles. The standard InChI is InChI=1S/C37H39ClFN7O3/c1-8-26(47)44-15-22-11-12-49-36-34(45(22)14-21(44)7)23-13-24(39)28(27-20(6)9-10-25-32(27)43-16-40-25)29(38)33(23)46(37(36)48)35-30(18(2)3)41-17-42-31(35)19(4)5/h8-10,13,16-19,21-22H,1,11-12,14-15H2,2-7H3,(H,40,43). The molecule has 12 heteroatoms. The van der Waals surface area contributed by atoms with Gasteiger partial charge in [0.1, 0.15) is 12.1 Å². The molecule has 254 valence electrons. The molecule has 2 aliphatic heterocycles. The van der Waals surface area contributed by atoms with Gasteiger partial charge in [0.15, 0.2) is 0 Å². The first-order valence-electron chi connectivity index (χ1n) is 16.7. The summed E-state index contributed by atoms with van der Waals surface area (Å²) >= 11 is 7.48. The Labute approximate surface area is 288 Å². The van der Waals surface area contributed by atoms with Gasteiger partial charge >= 0.3 is 0 Å². The van der Waals surface area contributed by atoms with Crippen LogP contribution in [0.3, 0.4) is 0 Å². The maximum absolute atomic E-state index is 17.0. The number of aromatic amines is 1. The topological polar surface area (TPSA) is 109 Å². The number of halogens is 2. The number of fused-ring (bicyclic) bond motifs is 6. The van der Waals surface area contributed by atoms with Gasteiger partial charge in [-0.2, -0.15) is 0 Å². The van der Waals surface area contributed by atoms with Gasteiger partial charge in [-0.1, -0.05) is 51.9 Å². The molecule has 2 atom stereocenters. The first-order valence-corrected chi connectivity index (χ1v) is 17.0. The maximum atomic E-state index is 17.0. The Hall–Kier alpha value is -4.77. The number of pyridine rings is 1. The molecule has 0 spiro atoms. The molecule has 2 unspecified atom stereocenters. The molecule has 1 saturated heterocycles. The molecule has 5 aromatic rings. The van der Waals surface area contributed by atoms with Crippen LogP contribution < -0.4 is 15.2 Å². The van der Waals surface area contributed by atoms with E-state index in [0.29, 0.717) is 64.3 Å². The number of ether oxygens (including phenoxy) is 1. The number of benzene rings is 2. The molecule has 1 fully saturated rings. The highest BCUT2D eigenvalue weighted by atomic mass is 35.5. The number of nitrogens with one attached hydrogen (secondary N) is 1. The average Bonchev–Trinajstić information content (AvgIpc) is 3.47. The van der Waals surface area contributed by atoms with Crippen LogP contribution in [-0.4, -0.2) is 67.1 Å². The van der Waals surface area contributed by atoms with Crippen LogP contribution in [0.15, 0.2) is 48.3 Å². The summed E-state index contributed by atoms with van der Waals surface area (Å²) in [5, 5.41) is 0.486. The van der Waals surface area contributed by atoms with Gasteiger partial charge in [0.2, 0.25) is 11.7 Å². The Balaban J connectivity index is 1.64. The van der Waals surface area contributed by atoms with E-state index in [0.717, 1.165) is 11.1 Å². The van der Waals surface area contributed by atoms with Crippen molar-refractivity contribution in [1.82, 2.24) is 29.4 Å². The number of carbonyl (C=O) groups is 1. The van der Waals surface area contributed by atoms with Crippen molar-refractivity contribution in [3.8, 4) is 22.6 Å². The summed E-state index contributed by atoms with van der Waals surface area (Å²) in [6, 6.07) is 4.83. The first-order chi connectivity index (χ1) is 23.4. The number of nitrogens with zero attached hydrogens (tertiary/aromatic N) is 6. The maximum Gasteiger partial charge on any atom is 0.300 e. The van der Waals surface area contributed by atoms with E-state index in [9.17, 15) is 4.79 Å². The Morgan fingerprint density at radius 3 is 2.49 bits per heavy atom. The van der Waals surface area contributed by atoms with Crippen molar-refractivity contribution in [3.05, 3.63) is 81.7 Å². The molecule has 1 N–H and O–H groups in total. The lowest BCUT2D eigenvalue weighted by molar-refractivity contribution is -0.128. The Morgan fingerprint density at radius 2 is 1.82 bits per heavy atom. The van der Waals surface area contributed by atoms with Gasteiger partial charge in [-0.05, 0) is 49.5 Å². The first kappa shape index (κ1) is 32.8. The lowest BCUT2D eigenvalue weighted by Crippen LogP contribution is -2.59. The number of H-pyrrole nitrogens is 1. The van der Waals surface area contributed by atoms with Gasteiger partial charge in [-0.25, -0.2) is 19.3 Å². The molecule has 3 aromatic heterocycles. The third-order valence-corrected chi connectivity index (χ3v) is 10.2. The van der Waals surface area contributed by atoms with E-state index in [1.807, 2.05) is 53.7 Å². The minimum Gasteiger partial charge on any atom is -0.486 e. The van der Waals surface area contributed by atoms with E-state index in [-0.39, 0.29) is 52.8 Å². The summed E-state index contributed by atoms with van der Waals surface area (Å²) in [6.45, 7) is 16.6. The van der Waals surface area contributed by atoms with Gasteiger partial charge in [0.25, 0.3) is 5.56 Å². The zero-order valence-electron chi connectivity index (χ0n) is 28.5. The predicted octanol–water partition coefficient (Wildman–Crippen LogP) is 7.05. The molecular formula is C37H39ClFN7O3. The fraction of sp³-hybridized carbons (Fsp3) is 0.378. The van der Waals surface area contributed by atoms with E-state index in [1.54, 1.807) is 15.8 Å². The molecular weight excluding hydrogens is 645 g/mol. The van der Waals surface area contributed by atoms with Crippen LogP contribution in [0.5, 0.6) is 5.75 Å². The number of anilines is 1. The van der Waals surface area contributed by atoms with Crippen LogP contribution in [-0.2, 0) is 4.79 Å². The van der Waals surface area contributed by atoms with Gasteiger partial charge in [0.05, 0.1) is 63.3 Å². The van der Waals surface area contributed by atoms with E-state index in [1.165, 1.54) is 18.5 Å². The van der Waals surface area contributed by atoms with Crippen molar-refractivity contribution in [2.24, 2.45) is 0 Å². The fourth-order valence-corrected chi connectivity index (χ4v) is 7.85. The van der Waals surface area contributed by atoms with E-state index in [2.05, 4.69) is 31.4 Å². The summed E-state index contributed by atoms with van der Waals surface area (Å²) in [5.74, 6) is -0.790. The second kappa shape index (κ2) is 12.3. The number of aromatic nitrogens is 5. The van der Waals surface area contributed by atoms with E-state index >= 15 is 9.18 Å². The largest absolute Gasteiger partial charge is 0.486 e. The Morgan fingerprint density at radius 1 is 1.10 bits per heavy atom. The van der Waals surface area contributed by atoms with E-state index < -0.39 is 11.4 Å².